The van der Waals surface area contributed by atoms with E-state index in [1.165, 1.54) is 12.1 Å². The van der Waals surface area contributed by atoms with Crippen LogP contribution in [0.25, 0.3) is 0 Å². The molecule has 3 aromatic rings. The minimum atomic E-state index is -0.289. The van der Waals surface area contributed by atoms with E-state index in [1.807, 2.05) is 35.3 Å². The Bertz CT molecular complexity index is 1020. The van der Waals surface area contributed by atoms with E-state index < -0.39 is 0 Å². The zero-order valence-electron chi connectivity index (χ0n) is 14.3. The van der Waals surface area contributed by atoms with E-state index in [0.29, 0.717) is 0 Å². The number of hydrogen-bond acceptors (Lipinski definition) is 3. The minimum absolute atomic E-state index is 0.0801. The fourth-order valence-corrected chi connectivity index (χ4v) is 4.09. The van der Waals surface area contributed by atoms with Gasteiger partial charge in [0.1, 0.15) is 11.6 Å². The highest BCUT2D eigenvalue weighted by molar-refractivity contribution is 9.10. The monoisotopic (exact) mass is 422 g/mol. The molecule has 134 valence electrons. The average molecular weight is 423 g/mol. The number of benzene rings is 3. The molecular weight excluding hydrogens is 407 g/mol. The van der Waals surface area contributed by atoms with E-state index in [-0.39, 0.29) is 18.1 Å². The van der Waals surface area contributed by atoms with E-state index >= 15 is 0 Å². The van der Waals surface area contributed by atoms with E-state index in [1.54, 1.807) is 12.1 Å². The molecule has 0 amide bonds. The van der Waals surface area contributed by atoms with Gasteiger partial charge in [-0.25, -0.2) is 9.40 Å². The van der Waals surface area contributed by atoms with Crippen LogP contribution in [-0.2, 0) is 0 Å². The van der Waals surface area contributed by atoms with Crippen molar-refractivity contribution >= 4 is 21.6 Å². The van der Waals surface area contributed by atoms with Crippen LogP contribution in [0.3, 0.4) is 0 Å². The van der Waals surface area contributed by atoms with Gasteiger partial charge in [0.2, 0.25) is 6.23 Å². The molecule has 2 heterocycles. The van der Waals surface area contributed by atoms with Crippen molar-refractivity contribution in [3.05, 3.63) is 99.8 Å². The quantitative estimate of drug-likeness (QED) is 0.518. The third kappa shape index (κ3) is 2.92. The molecule has 5 heteroatoms. The van der Waals surface area contributed by atoms with Crippen LogP contribution >= 0.6 is 15.9 Å². The molecule has 5 rings (SSSR count). The molecule has 2 atom stereocenters. The molecule has 0 bridgehead atoms. The van der Waals surface area contributed by atoms with Crippen LogP contribution < -0.4 is 4.74 Å². The predicted molar refractivity (Wildman–Crippen MR) is 106 cm³/mol. The Morgan fingerprint density at radius 2 is 1.78 bits per heavy atom. The molecule has 0 aliphatic carbocycles. The molecule has 0 saturated heterocycles. The summed E-state index contributed by atoms with van der Waals surface area (Å²) in [5, 5.41) is 6.91. The van der Waals surface area contributed by atoms with Gasteiger partial charge in [-0.3, -0.25) is 0 Å². The molecule has 0 spiro atoms. The topological polar surface area (TPSA) is 24.8 Å². The zero-order valence-corrected chi connectivity index (χ0v) is 15.9. The maximum Gasteiger partial charge on any atom is 0.213 e. The zero-order chi connectivity index (χ0) is 18.4. The van der Waals surface area contributed by atoms with Gasteiger partial charge in [0, 0.05) is 22.0 Å². The first-order chi connectivity index (χ1) is 13.2. The third-order valence-corrected chi connectivity index (χ3v) is 5.51. The number of nitrogens with zero attached hydrogens (tertiary/aromatic N) is 2. The fourth-order valence-electron chi connectivity index (χ4n) is 3.71. The summed E-state index contributed by atoms with van der Waals surface area (Å²) >= 11 is 3.56. The highest BCUT2D eigenvalue weighted by atomic mass is 79.9. The Labute approximate surface area is 165 Å². The highest BCUT2D eigenvalue weighted by Crippen LogP contribution is 2.48. The molecular formula is C22H16BrFN2O. The first-order valence-electron chi connectivity index (χ1n) is 8.82. The number of ether oxygens (including phenoxy) is 1. The Morgan fingerprint density at radius 1 is 1.00 bits per heavy atom. The van der Waals surface area contributed by atoms with Gasteiger partial charge in [-0.1, -0.05) is 58.4 Å². The standard InChI is InChI=1S/C22H16BrFN2O/c23-16-8-11-21-18(12-16)20-13-19(14-6-9-17(24)10-7-14)25-26(20)22(27-21)15-4-2-1-3-5-15/h1-12,20,22H,13H2. The van der Waals surface area contributed by atoms with Crippen molar-refractivity contribution in [1.82, 2.24) is 5.01 Å². The lowest BCUT2D eigenvalue weighted by Gasteiger charge is -2.38. The van der Waals surface area contributed by atoms with E-state index in [0.717, 1.165) is 39.0 Å². The van der Waals surface area contributed by atoms with Crippen LogP contribution in [0, 0.1) is 5.82 Å². The van der Waals surface area contributed by atoms with Crippen LogP contribution in [0.5, 0.6) is 5.75 Å². The van der Waals surface area contributed by atoms with E-state index in [2.05, 4.69) is 34.1 Å². The summed E-state index contributed by atoms with van der Waals surface area (Å²) in [7, 11) is 0. The van der Waals surface area contributed by atoms with Gasteiger partial charge in [-0.15, -0.1) is 0 Å². The lowest BCUT2D eigenvalue weighted by molar-refractivity contribution is -0.0190. The number of rotatable bonds is 2. The normalized spacial score (nSPS) is 20.5. The van der Waals surface area contributed by atoms with Crippen molar-refractivity contribution in [3.8, 4) is 5.75 Å². The molecule has 0 radical (unpaired) electrons. The third-order valence-electron chi connectivity index (χ3n) is 5.01. The predicted octanol–water partition coefficient (Wildman–Crippen LogP) is 5.83. The first-order valence-corrected chi connectivity index (χ1v) is 9.61. The van der Waals surface area contributed by atoms with Gasteiger partial charge in [-0.2, -0.15) is 5.10 Å². The van der Waals surface area contributed by atoms with Gasteiger partial charge in [-0.05, 0) is 35.9 Å². The van der Waals surface area contributed by atoms with Crippen molar-refractivity contribution in [2.75, 3.05) is 0 Å². The summed E-state index contributed by atoms with van der Waals surface area (Å²) in [4.78, 5) is 0. The summed E-state index contributed by atoms with van der Waals surface area (Å²) < 4.78 is 20.7. The molecule has 2 aliphatic heterocycles. The number of fused-ring (bicyclic) bond motifs is 3. The molecule has 27 heavy (non-hydrogen) atoms. The van der Waals surface area contributed by atoms with E-state index in [4.69, 9.17) is 9.84 Å². The lowest BCUT2D eigenvalue weighted by atomic mass is 9.96. The number of halogens is 2. The van der Waals surface area contributed by atoms with Crippen LogP contribution in [0.2, 0.25) is 0 Å². The second-order valence-electron chi connectivity index (χ2n) is 6.72. The highest BCUT2D eigenvalue weighted by Gasteiger charge is 2.40. The molecule has 0 aromatic heterocycles. The molecule has 3 nitrogen and oxygen atoms in total. The smallest absolute Gasteiger partial charge is 0.213 e. The van der Waals surface area contributed by atoms with Crippen molar-refractivity contribution in [3.63, 3.8) is 0 Å². The van der Waals surface area contributed by atoms with E-state index in [9.17, 15) is 4.39 Å². The Kier molecular flexibility index (Phi) is 3.97. The van der Waals surface area contributed by atoms with Gasteiger partial charge in [0.05, 0.1) is 11.8 Å². The van der Waals surface area contributed by atoms with Crippen LogP contribution in [-0.4, -0.2) is 10.7 Å². The van der Waals surface area contributed by atoms with Crippen LogP contribution in [0.4, 0.5) is 4.39 Å². The fraction of sp³-hybridized carbons (Fsp3) is 0.136. The number of hydrogen-bond donors (Lipinski definition) is 0. The van der Waals surface area contributed by atoms with Crippen LogP contribution in [0.15, 0.2) is 82.4 Å². The second-order valence-corrected chi connectivity index (χ2v) is 7.63. The molecule has 2 unspecified atom stereocenters. The molecule has 0 saturated carbocycles. The first kappa shape index (κ1) is 16.5. The maximum absolute atomic E-state index is 13.3. The minimum Gasteiger partial charge on any atom is -0.464 e. The van der Waals surface area contributed by atoms with Crippen molar-refractivity contribution in [2.24, 2.45) is 5.10 Å². The van der Waals surface area contributed by atoms with Crippen LogP contribution in [0.1, 0.15) is 35.4 Å². The largest absolute Gasteiger partial charge is 0.464 e. The van der Waals surface area contributed by atoms with Gasteiger partial charge in [0.25, 0.3) is 0 Å². The second kappa shape index (κ2) is 6.50. The molecule has 0 N–H and O–H groups in total. The Balaban J connectivity index is 1.60. The average Bonchev–Trinajstić information content (AvgIpc) is 3.14. The molecule has 3 aromatic carbocycles. The van der Waals surface area contributed by atoms with Gasteiger partial charge < -0.3 is 4.74 Å². The van der Waals surface area contributed by atoms with Gasteiger partial charge in [0.15, 0.2) is 0 Å². The molecule has 2 aliphatic rings. The maximum atomic E-state index is 13.3. The summed E-state index contributed by atoms with van der Waals surface area (Å²) in [6.07, 6.45) is 0.463. The van der Waals surface area contributed by atoms with Crippen molar-refractivity contribution in [2.45, 2.75) is 18.7 Å². The van der Waals surface area contributed by atoms with Crippen molar-refractivity contribution in [1.29, 1.82) is 0 Å². The lowest BCUT2D eigenvalue weighted by Crippen LogP contribution is -2.33. The summed E-state index contributed by atoms with van der Waals surface area (Å²) in [5.41, 5.74) is 4.05. The SMILES string of the molecule is Fc1ccc(C2=NN3C(C2)c2cc(Br)ccc2OC3c2ccccc2)cc1. The summed E-state index contributed by atoms with van der Waals surface area (Å²) in [5.74, 6) is 0.638. The molecule has 0 fully saturated rings. The van der Waals surface area contributed by atoms with Gasteiger partial charge >= 0.3 is 0 Å². The van der Waals surface area contributed by atoms with Crippen molar-refractivity contribution < 1.29 is 9.13 Å². The number of hydrazone groups is 1. The summed E-state index contributed by atoms with van der Waals surface area (Å²) in [6.45, 7) is 0. The Hall–Kier alpha value is -2.66. The Morgan fingerprint density at radius 3 is 2.56 bits per heavy atom. The summed E-state index contributed by atoms with van der Waals surface area (Å²) in [6, 6.07) is 22.8.